The van der Waals surface area contributed by atoms with Crippen molar-refractivity contribution in [2.24, 2.45) is 0 Å². The Bertz CT molecular complexity index is 530. The summed E-state index contributed by atoms with van der Waals surface area (Å²) in [7, 11) is 0. The summed E-state index contributed by atoms with van der Waals surface area (Å²) in [5.41, 5.74) is 4.77. The van der Waals surface area contributed by atoms with Gasteiger partial charge in [-0.25, -0.2) is 9.97 Å². The number of aromatic nitrogens is 2. The van der Waals surface area contributed by atoms with Crippen LogP contribution in [-0.2, 0) is 0 Å². The smallest absolute Gasteiger partial charge is 0.222 e. The fourth-order valence-corrected chi connectivity index (χ4v) is 1.94. The highest BCUT2D eigenvalue weighted by atomic mass is 15.1. The van der Waals surface area contributed by atoms with Crippen molar-refractivity contribution in [2.45, 2.75) is 33.7 Å². The fraction of sp³-hybridized carbons (Fsp3) is 0.333. The van der Waals surface area contributed by atoms with Gasteiger partial charge in [-0.1, -0.05) is 23.8 Å². The van der Waals surface area contributed by atoms with E-state index in [9.17, 15) is 0 Å². The number of hydrogen-bond donors (Lipinski definition) is 1. The van der Waals surface area contributed by atoms with E-state index in [-0.39, 0.29) is 0 Å². The molecular weight excluding hydrogens is 222 g/mol. The first-order valence-electron chi connectivity index (χ1n) is 6.22. The molecule has 3 nitrogen and oxygen atoms in total. The van der Waals surface area contributed by atoms with E-state index in [1.165, 1.54) is 16.7 Å². The highest BCUT2D eigenvalue weighted by Gasteiger charge is 2.04. The Labute approximate surface area is 108 Å². The maximum Gasteiger partial charge on any atom is 0.222 e. The van der Waals surface area contributed by atoms with Crippen molar-refractivity contribution in [3.8, 4) is 11.1 Å². The van der Waals surface area contributed by atoms with Gasteiger partial charge in [0.2, 0.25) is 5.95 Å². The Hall–Kier alpha value is -1.90. The molecule has 0 aliphatic rings. The van der Waals surface area contributed by atoms with Crippen LogP contribution in [-0.4, -0.2) is 16.0 Å². The van der Waals surface area contributed by atoms with Gasteiger partial charge in [0.05, 0.1) is 0 Å². The molecule has 1 N–H and O–H groups in total. The van der Waals surface area contributed by atoms with E-state index in [2.05, 4.69) is 61.2 Å². The van der Waals surface area contributed by atoms with Gasteiger partial charge in [0.1, 0.15) is 0 Å². The van der Waals surface area contributed by atoms with E-state index >= 15 is 0 Å². The molecule has 2 aromatic rings. The van der Waals surface area contributed by atoms with Crippen molar-refractivity contribution < 1.29 is 0 Å². The Kier molecular flexibility index (Phi) is 3.60. The number of nitrogens with zero attached hydrogens (tertiary/aromatic N) is 2. The summed E-state index contributed by atoms with van der Waals surface area (Å²) in [6.07, 6.45) is 3.74. The van der Waals surface area contributed by atoms with E-state index in [0.29, 0.717) is 12.0 Å². The van der Waals surface area contributed by atoms with E-state index in [4.69, 9.17) is 0 Å². The maximum absolute atomic E-state index is 4.34. The summed E-state index contributed by atoms with van der Waals surface area (Å²) in [5, 5.41) is 3.18. The lowest BCUT2D eigenvalue weighted by atomic mass is 10.0. The highest BCUT2D eigenvalue weighted by molar-refractivity contribution is 5.66. The molecule has 0 fully saturated rings. The number of aryl methyl sites for hydroxylation is 2. The first-order valence-corrected chi connectivity index (χ1v) is 6.22. The third-order valence-corrected chi connectivity index (χ3v) is 2.76. The average molecular weight is 241 g/mol. The summed E-state index contributed by atoms with van der Waals surface area (Å²) < 4.78 is 0. The zero-order valence-corrected chi connectivity index (χ0v) is 11.4. The van der Waals surface area contributed by atoms with Crippen LogP contribution in [0.25, 0.3) is 11.1 Å². The zero-order chi connectivity index (χ0) is 13.1. The molecule has 0 amide bonds. The van der Waals surface area contributed by atoms with Gasteiger partial charge in [0.25, 0.3) is 0 Å². The predicted octanol–water partition coefficient (Wildman–Crippen LogP) is 3.58. The average Bonchev–Trinajstić information content (AvgIpc) is 2.30. The largest absolute Gasteiger partial charge is 0.352 e. The third-order valence-electron chi connectivity index (χ3n) is 2.76. The Morgan fingerprint density at radius 2 is 1.72 bits per heavy atom. The lowest BCUT2D eigenvalue weighted by Gasteiger charge is -2.09. The molecule has 0 saturated heterocycles. The Morgan fingerprint density at radius 1 is 1.06 bits per heavy atom. The van der Waals surface area contributed by atoms with Crippen molar-refractivity contribution in [1.29, 1.82) is 0 Å². The summed E-state index contributed by atoms with van der Waals surface area (Å²) in [6, 6.07) is 6.76. The quantitative estimate of drug-likeness (QED) is 0.892. The first kappa shape index (κ1) is 12.6. The molecule has 0 atom stereocenters. The van der Waals surface area contributed by atoms with Gasteiger partial charge in [0, 0.05) is 24.0 Å². The molecule has 0 bridgehead atoms. The number of benzene rings is 1. The molecule has 1 aromatic carbocycles. The number of nitrogens with one attached hydrogen (secondary N) is 1. The van der Waals surface area contributed by atoms with Gasteiger partial charge >= 0.3 is 0 Å². The van der Waals surface area contributed by atoms with Gasteiger partial charge in [-0.15, -0.1) is 0 Å². The van der Waals surface area contributed by atoms with Crippen LogP contribution in [0.15, 0.2) is 30.6 Å². The number of rotatable bonds is 3. The lowest BCUT2D eigenvalue weighted by molar-refractivity contribution is 0.874. The van der Waals surface area contributed by atoms with E-state index in [0.717, 1.165) is 5.56 Å². The molecule has 2 rings (SSSR count). The third kappa shape index (κ3) is 2.86. The van der Waals surface area contributed by atoms with Crippen molar-refractivity contribution in [2.75, 3.05) is 5.32 Å². The van der Waals surface area contributed by atoms with E-state index in [1.54, 1.807) is 0 Å². The standard InChI is InChI=1S/C15H19N3/c1-10(2)18-15-16-8-13(9-17-15)14-6-5-11(3)7-12(14)4/h5-10H,1-4H3,(H,16,17,18). The predicted molar refractivity (Wildman–Crippen MR) is 75.7 cm³/mol. The summed E-state index contributed by atoms with van der Waals surface area (Å²) in [6.45, 7) is 8.36. The molecule has 0 aliphatic heterocycles. The van der Waals surface area contributed by atoms with Crippen LogP contribution in [0.5, 0.6) is 0 Å². The van der Waals surface area contributed by atoms with Gasteiger partial charge in [-0.05, 0) is 38.8 Å². The summed E-state index contributed by atoms with van der Waals surface area (Å²) in [5.74, 6) is 0.679. The van der Waals surface area contributed by atoms with E-state index in [1.807, 2.05) is 12.4 Å². The zero-order valence-electron chi connectivity index (χ0n) is 11.4. The lowest BCUT2D eigenvalue weighted by Crippen LogP contribution is -2.12. The second kappa shape index (κ2) is 5.17. The van der Waals surface area contributed by atoms with Crippen LogP contribution in [0.2, 0.25) is 0 Å². The SMILES string of the molecule is Cc1ccc(-c2cnc(NC(C)C)nc2)c(C)c1. The van der Waals surface area contributed by atoms with Gasteiger partial charge in [0.15, 0.2) is 0 Å². The number of hydrogen-bond acceptors (Lipinski definition) is 3. The molecule has 0 aliphatic carbocycles. The monoisotopic (exact) mass is 241 g/mol. The topological polar surface area (TPSA) is 37.8 Å². The van der Waals surface area contributed by atoms with Gasteiger partial charge < -0.3 is 5.32 Å². The van der Waals surface area contributed by atoms with Gasteiger partial charge in [-0.2, -0.15) is 0 Å². The molecule has 0 unspecified atom stereocenters. The van der Waals surface area contributed by atoms with Crippen LogP contribution >= 0.6 is 0 Å². The minimum absolute atomic E-state index is 0.344. The fourth-order valence-electron chi connectivity index (χ4n) is 1.94. The molecule has 3 heteroatoms. The van der Waals surface area contributed by atoms with Crippen molar-refractivity contribution in [3.63, 3.8) is 0 Å². The first-order chi connectivity index (χ1) is 8.56. The van der Waals surface area contributed by atoms with Crippen molar-refractivity contribution in [3.05, 3.63) is 41.7 Å². The summed E-state index contributed by atoms with van der Waals surface area (Å²) >= 11 is 0. The Balaban J connectivity index is 2.28. The second-order valence-corrected chi connectivity index (χ2v) is 4.91. The molecule has 94 valence electrons. The van der Waals surface area contributed by atoms with Crippen LogP contribution in [0.1, 0.15) is 25.0 Å². The normalized spacial score (nSPS) is 10.7. The molecule has 1 aromatic heterocycles. The molecule has 0 spiro atoms. The van der Waals surface area contributed by atoms with Crippen LogP contribution in [0.4, 0.5) is 5.95 Å². The molecule has 0 radical (unpaired) electrons. The van der Waals surface area contributed by atoms with E-state index < -0.39 is 0 Å². The summed E-state index contributed by atoms with van der Waals surface area (Å²) in [4.78, 5) is 8.67. The number of anilines is 1. The van der Waals surface area contributed by atoms with Gasteiger partial charge in [-0.3, -0.25) is 0 Å². The molecule has 1 heterocycles. The Morgan fingerprint density at radius 3 is 2.28 bits per heavy atom. The van der Waals surface area contributed by atoms with Crippen molar-refractivity contribution >= 4 is 5.95 Å². The second-order valence-electron chi connectivity index (χ2n) is 4.91. The minimum Gasteiger partial charge on any atom is -0.352 e. The minimum atomic E-state index is 0.344. The van der Waals surface area contributed by atoms with Crippen LogP contribution < -0.4 is 5.32 Å². The molecule has 0 saturated carbocycles. The maximum atomic E-state index is 4.34. The van der Waals surface area contributed by atoms with Crippen LogP contribution in [0, 0.1) is 13.8 Å². The molecular formula is C15H19N3. The van der Waals surface area contributed by atoms with Crippen LogP contribution in [0.3, 0.4) is 0 Å². The molecule has 18 heavy (non-hydrogen) atoms. The highest BCUT2D eigenvalue weighted by Crippen LogP contribution is 2.23. The van der Waals surface area contributed by atoms with Crippen molar-refractivity contribution in [1.82, 2.24) is 9.97 Å².